The molecule has 0 fully saturated rings. The van der Waals surface area contributed by atoms with Crippen LogP contribution in [0.3, 0.4) is 0 Å². The van der Waals surface area contributed by atoms with E-state index >= 15 is 0 Å². The molecule has 1 rings (SSSR count). The molecule has 0 saturated carbocycles. The number of nitrogens with zero attached hydrogens (tertiary/aromatic N) is 3. The van der Waals surface area contributed by atoms with E-state index in [1.165, 1.54) is 7.11 Å². The molecule has 1 heterocycles. The average Bonchev–Trinajstić information content (AvgIpc) is 2.47. The molecular weight excluding hydrogens is 246 g/mol. The molecule has 0 spiro atoms. The van der Waals surface area contributed by atoms with Crippen molar-refractivity contribution < 1.29 is 14.3 Å². The summed E-state index contributed by atoms with van der Waals surface area (Å²) >= 11 is 0. The SMILES string of the molecule is COCCN(CCC(=O)OC)c1cnccc1C#N. The van der Waals surface area contributed by atoms with Crippen LogP contribution in [0.2, 0.25) is 0 Å². The molecule has 19 heavy (non-hydrogen) atoms. The van der Waals surface area contributed by atoms with Crippen LogP contribution < -0.4 is 4.90 Å². The monoisotopic (exact) mass is 263 g/mol. The Kier molecular flexibility index (Phi) is 6.33. The topological polar surface area (TPSA) is 75.4 Å². The first kappa shape index (κ1) is 14.9. The van der Waals surface area contributed by atoms with Gasteiger partial charge in [-0.15, -0.1) is 0 Å². The van der Waals surface area contributed by atoms with Crippen LogP contribution in [0, 0.1) is 11.3 Å². The Bertz CT molecular complexity index is 457. The Morgan fingerprint density at radius 1 is 1.47 bits per heavy atom. The van der Waals surface area contributed by atoms with Gasteiger partial charge in [0.25, 0.3) is 0 Å². The van der Waals surface area contributed by atoms with Crippen LogP contribution >= 0.6 is 0 Å². The number of nitriles is 1. The first-order chi connectivity index (χ1) is 9.22. The lowest BCUT2D eigenvalue weighted by Gasteiger charge is -2.24. The normalized spacial score (nSPS) is 9.74. The third-order valence-electron chi connectivity index (χ3n) is 2.64. The van der Waals surface area contributed by atoms with Crippen LogP contribution in [0.1, 0.15) is 12.0 Å². The first-order valence-electron chi connectivity index (χ1n) is 5.87. The number of anilines is 1. The van der Waals surface area contributed by atoms with E-state index in [1.807, 2.05) is 4.90 Å². The Morgan fingerprint density at radius 2 is 2.26 bits per heavy atom. The van der Waals surface area contributed by atoms with Gasteiger partial charge in [-0.3, -0.25) is 9.78 Å². The van der Waals surface area contributed by atoms with Gasteiger partial charge in [0.05, 0.1) is 37.6 Å². The maximum atomic E-state index is 11.2. The van der Waals surface area contributed by atoms with E-state index in [4.69, 9.17) is 10.00 Å². The van der Waals surface area contributed by atoms with Crippen molar-refractivity contribution in [2.45, 2.75) is 6.42 Å². The molecule has 0 saturated heterocycles. The van der Waals surface area contributed by atoms with Crippen molar-refractivity contribution in [1.82, 2.24) is 4.98 Å². The zero-order valence-corrected chi connectivity index (χ0v) is 11.1. The van der Waals surface area contributed by atoms with Crippen molar-refractivity contribution in [2.75, 3.05) is 38.8 Å². The van der Waals surface area contributed by atoms with Crippen molar-refractivity contribution in [3.63, 3.8) is 0 Å². The highest BCUT2D eigenvalue weighted by Crippen LogP contribution is 2.18. The van der Waals surface area contributed by atoms with Crippen LogP contribution in [-0.4, -0.2) is 44.9 Å². The second-order valence-corrected chi connectivity index (χ2v) is 3.81. The van der Waals surface area contributed by atoms with E-state index in [2.05, 4.69) is 15.8 Å². The summed E-state index contributed by atoms with van der Waals surface area (Å²) in [5, 5.41) is 9.09. The predicted molar refractivity (Wildman–Crippen MR) is 69.7 cm³/mol. The molecule has 0 aromatic carbocycles. The zero-order chi connectivity index (χ0) is 14.1. The molecule has 0 aliphatic heterocycles. The molecule has 0 N–H and O–H groups in total. The minimum absolute atomic E-state index is 0.250. The summed E-state index contributed by atoms with van der Waals surface area (Å²) in [5.74, 6) is -0.287. The van der Waals surface area contributed by atoms with Crippen molar-refractivity contribution in [3.8, 4) is 6.07 Å². The van der Waals surface area contributed by atoms with Crippen LogP contribution in [0.5, 0.6) is 0 Å². The van der Waals surface area contributed by atoms with Gasteiger partial charge in [-0.05, 0) is 6.07 Å². The number of rotatable bonds is 7. The summed E-state index contributed by atoms with van der Waals surface area (Å²) in [7, 11) is 2.96. The molecule has 0 aliphatic carbocycles. The summed E-state index contributed by atoms with van der Waals surface area (Å²) in [4.78, 5) is 17.1. The molecule has 6 heteroatoms. The molecule has 1 aromatic rings. The van der Waals surface area contributed by atoms with E-state index in [0.717, 1.165) is 0 Å². The molecule has 0 bridgehead atoms. The molecule has 102 valence electrons. The Labute approximate surface area is 112 Å². The van der Waals surface area contributed by atoms with Crippen LogP contribution in [0.25, 0.3) is 0 Å². The summed E-state index contributed by atoms with van der Waals surface area (Å²) in [6.07, 6.45) is 3.43. The third kappa shape index (κ3) is 4.56. The Morgan fingerprint density at radius 3 is 2.89 bits per heavy atom. The average molecular weight is 263 g/mol. The number of hydrogen-bond acceptors (Lipinski definition) is 6. The Balaban J connectivity index is 2.83. The molecule has 0 unspecified atom stereocenters. The summed E-state index contributed by atoms with van der Waals surface area (Å²) in [6.45, 7) is 1.53. The van der Waals surface area contributed by atoms with Crippen molar-refractivity contribution in [3.05, 3.63) is 24.0 Å². The molecule has 0 aliphatic rings. The lowest BCUT2D eigenvalue weighted by atomic mass is 10.2. The van der Waals surface area contributed by atoms with Crippen molar-refractivity contribution in [1.29, 1.82) is 5.26 Å². The standard InChI is InChI=1S/C13H17N3O3/c1-18-8-7-16(6-4-13(17)19-2)12-10-15-5-3-11(12)9-14/h3,5,10H,4,6-8H2,1-2H3. The highest BCUT2D eigenvalue weighted by molar-refractivity contribution is 5.70. The van der Waals surface area contributed by atoms with Gasteiger partial charge in [0.15, 0.2) is 0 Å². The second-order valence-electron chi connectivity index (χ2n) is 3.81. The molecule has 1 aromatic heterocycles. The molecule has 6 nitrogen and oxygen atoms in total. The van der Waals surface area contributed by atoms with Gasteiger partial charge in [0, 0.05) is 26.4 Å². The van der Waals surface area contributed by atoms with E-state index in [-0.39, 0.29) is 12.4 Å². The van der Waals surface area contributed by atoms with Gasteiger partial charge in [-0.1, -0.05) is 0 Å². The highest BCUT2D eigenvalue weighted by Gasteiger charge is 2.13. The Hall–Kier alpha value is -2.13. The number of pyridine rings is 1. The minimum Gasteiger partial charge on any atom is -0.469 e. The van der Waals surface area contributed by atoms with E-state index < -0.39 is 0 Å². The van der Waals surface area contributed by atoms with Gasteiger partial charge in [-0.2, -0.15) is 5.26 Å². The van der Waals surface area contributed by atoms with E-state index in [9.17, 15) is 4.79 Å². The fraction of sp³-hybridized carbons (Fsp3) is 0.462. The molecule has 0 radical (unpaired) electrons. The number of esters is 1. The molecular formula is C13H17N3O3. The number of carbonyl (C=O) groups excluding carboxylic acids is 1. The number of ether oxygens (including phenoxy) is 2. The smallest absolute Gasteiger partial charge is 0.307 e. The lowest BCUT2D eigenvalue weighted by molar-refractivity contribution is -0.140. The van der Waals surface area contributed by atoms with E-state index in [1.54, 1.807) is 25.6 Å². The van der Waals surface area contributed by atoms with Crippen LogP contribution in [0.4, 0.5) is 5.69 Å². The first-order valence-corrected chi connectivity index (χ1v) is 5.87. The van der Waals surface area contributed by atoms with Gasteiger partial charge in [0.1, 0.15) is 6.07 Å². The van der Waals surface area contributed by atoms with Crippen LogP contribution in [0.15, 0.2) is 18.5 Å². The number of methoxy groups -OCH3 is 2. The third-order valence-corrected chi connectivity index (χ3v) is 2.64. The van der Waals surface area contributed by atoms with Gasteiger partial charge < -0.3 is 14.4 Å². The fourth-order valence-corrected chi connectivity index (χ4v) is 1.62. The minimum atomic E-state index is -0.287. The van der Waals surface area contributed by atoms with Crippen molar-refractivity contribution in [2.24, 2.45) is 0 Å². The quantitative estimate of drug-likeness (QED) is 0.682. The molecule has 0 amide bonds. The maximum Gasteiger partial charge on any atom is 0.307 e. The van der Waals surface area contributed by atoms with Gasteiger partial charge in [0.2, 0.25) is 0 Å². The summed E-state index contributed by atoms with van der Waals surface area (Å²) in [5.41, 5.74) is 1.22. The lowest BCUT2D eigenvalue weighted by Crippen LogP contribution is -2.30. The summed E-state index contributed by atoms with van der Waals surface area (Å²) in [6, 6.07) is 3.76. The van der Waals surface area contributed by atoms with E-state index in [0.29, 0.717) is 30.9 Å². The maximum absolute atomic E-state index is 11.2. The fourth-order valence-electron chi connectivity index (χ4n) is 1.62. The summed E-state index contributed by atoms with van der Waals surface area (Å²) < 4.78 is 9.66. The van der Waals surface area contributed by atoms with Gasteiger partial charge >= 0.3 is 5.97 Å². The second kappa shape index (κ2) is 8.06. The zero-order valence-electron chi connectivity index (χ0n) is 11.1. The number of aromatic nitrogens is 1. The predicted octanol–water partition coefficient (Wildman–Crippen LogP) is 0.969. The van der Waals surface area contributed by atoms with Crippen LogP contribution in [-0.2, 0) is 14.3 Å². The largest absolute Gasteiger partial charge is 0.469 e. The molecule has 0 atom stereocenters. The number of hydrogen-bond donors (Lipinski definition) is 0. The number of carbonyl (C=O) groups is 1. The van der Waals surface area contributed by atoms with Crippen molar-refractivity contribution >= 4 is 11.7 Å². The van der Waals surface area contributed by atoms with Gasteiger partial charge in [-0.25, -0.2) is 0 Å². The highest BCUT2D eigenvalue weighted by atomic mass is 16.5.